The summed E-state index contributed by atoms with van der Waals surface area (Å²) in [5.74, 6) is 6.09. The third-order valence-corrected chi connectivity index (χ3v) is 12.1. The predicted molar refractivity (Wildman–Crippen MR) is 147 cm³/mol. The number of hydrogen-bond acceptors (Lipinski definition) is 2. The van der Waals surface area contributed by atoms with Crippen molar-refractivity contribution >= 4 is 5.97 Å². The van der Waals surface area contributed by atoms with E-state index < -0.39 is 0 Å². The molecule has 3 saturated carbocycles. The molecule has 200 valence electrons. The van der Waals surface area contributed by atoms with Gasteiger partial charge in [0.15, 0.2) is 0 Å². The van der Waals surface area contributed by atoms with E-state index in [0.29, 0.717) is 17.3 Å². The van der Waals surface area contributed by atoms with Crippen LogP contribution in [-0.2, 0) is 9.53 Å². The third kappa shape index (κ3) is 5.29. The standard InChI is InChI=1S/C33H56O2/c1-8-9-10-31(34)35-26-17-19-32(6)25(21-26)13-14-27-29-16-15-28(33(29,7)20-18-30(27)32)24(5)12-11-23(4)22(2)3/h13,22-24,26-30H,8-12,14-21H2,1-7H3/t23-,24-,26+,27+,28-,29+,30+,32+,33-/m1/s1. The van der Waals surface area contributed by atoms with Crippen molar-refractivity contribution in [3.8, 4) is 0 Å². The highest BCUT2D eigenvalue weighted by atomic mass is 16.5. The van der Waals surface area contributed by atoms with Crippen molar-refractivity contribution in [2.75, 3.05) is 0 Å². The van der Waals surface area contributed by atoms with Gasteiger partial charge in [-0.1, -0.05) is 79.4 Å². The zero-order chi connectivity index (χ0) is 25.4. The van der Waals surface area contributed by atoms with E-state index in [4.69, 9.17) is 4.74 Å². The lowest BCUT2D eigenvalue weighted by Gasteiger charge is -2.58. The molecule has 0 spiro atoms. The van der Waals surface area contributed by atoms with Gasteiger partial charge in [0.2, 0.25) is 0 Å². The van der Waals surface area contributed by atoms with Crippen LogP contribution in [0.5, 0.6) is 0 Å². The molecule has 0 aromatic carbocycles. The van der Waals surface area contributed by atoms with Gasteiger partial charge in [-0.15, -0.1) is 0 Å². The Hall–Kier alpha value is -0.790. The first kappa shape index (κ1) is 27.3. The first-order chi connectivity index (χ1) is 16.6. The minimum absolute atomic E-state index is 0.0251. The number of carbonyl (C=O) groups excluding carboxylic acids is 1. The molecule has 0 radical (unpaired) electrons. The Morgan fingerprint density at radius 3 is 2.51 bits per heavy atom. The molecule has 0 aliphatic heterocycles. The number of ether oxygens (including phenoxy) is 1. The highest BCUT2D eigenvalue weighted by Crippen LogP contribution is 2.67. The van der Waals surface area contributed by atoms with E-state index in [1.165, 1.54) is 51.4 Å². The van der Waals surface area contributed by atoms with Gasteiger partial charge in [0.05, 0.1) is 0 Å². The quantitative estimate of drug-likeness (QED) is 0.241. The number of unbranched alkanes of at least 4 members (excludes halogenated alkanes) is 1. The zero-order valence-corrected chi connectivity index (χ0v) is 24.2. The Balaban J connectivity index is 1.41. The third-order valence-electron chi connectivity index (χ3n) is 12.1. The molecule has 9 atom stereocenters. The summed E-state index contributed by atoms with van der Waals surface area (Å²) in [6, 6.07) is 0. The molecule has 2 nitrogen and oxygen atoms in total. The van der Waals surface area contributed by atoms with Gasteiger partial charge in [-0.2, -0.15) is 0 Å². The van der Waals surface area contributed by atoms with Crippen molar-refractivity contribution in [3.63, 3.8) is 0 Å². The molecule has 0 unspecified atom stereocenters. The SMILES string of the molecule is CCCCC(=O)O[C@H]1CC[C@@]2(C)C(=CC[C@H]3[C@@H]4CC[C@H]([C@H](C)CC[C@@H](C)C(C)C)[C@@]4(C)CC[C@@H]32)C1. The van der Waals surface area contributed by atoms with Crippen LogP contribution in [0.4, 0.5) is 0 Å². The van der Waals surface area contributed by atoms with Crippen molar-refractivity contribution in [2.45, 2.75) is 138 Å². The highest BCUT2D eigenvalue weighted by Gasteiger charge is 2.59. The summed E-state index contributed by atoms with van der Waals surface area (Å²) in [6.07, 6.45) is 18.5. The fourth-order valence-corrected chi connectivity index (χ4v) is 9.33. The lowest BCUT2D eigenvalue weighted by Crippen LogP contribution is -2.51. The van der Waals surface area contributed by atoms with Crippen molar-refractivity contribution in [3.05, 3.63) is 11.6 Å². The molecule has 3 fully saturated rings. The topological polar surface area (TPSA) is 26.3 Å². The number of fused-ring (bicyclic) bond motifs is 5. The molecule has 4 aliphatic carbocycles. The van der Waals surface area contributed by atoms with Gasteiger partial charge in [-0.05, 0) is 104 Å². The molecule has 0 aromatic rings. The van der Waals surface area contributed by atoms with E-state index in [-0.39, 0.29) is 12.1 Å². The van der Waals surface area contributed by atoms with Gasteiger partial charge in [-0.3, -0.25) is 4.79 Å². The van der Waals surface area contributed by atoms with Crippen LogP contribution in [0, 0.1) is 52.3 Å². The zero-order valence-electron chi connectivity index (χ0n) is 24.2. The molecule has 0 amide bonds. The van der Waals surface area contributed by atoms with E-state index in [1.807, 2.05) is 0 Å². The largest absolute Gasteiger partial charge is 0.462 e. The summed E-state index contributed by atoms with van der Waals surface area (Å²) >= 11 is 0. The Kier molecular flexibility index (Phi) is 8.49. The van der Waals surface area contributed by atoms with Gasteiger partial charge in [0, 0.05) is 12.8 Å². The van der Waals surface area contributed by atoms with Crippen LogP contribution in [0.3, 0.4) is 0 Å². The van der Waals surface area contributed by atoms with Crippen LogP contribution in [0.1, 0.15) is 132 Å². The second kappa shape index (κ2) is 10.9. The molecule has 2 heteroatoms. The molecule has 4 aliphatic rings. The van der Waals surface area contributed by atoms with Crippen molar-refractivity contribution in [1.82, 2.24) is 0 Å². The summed E-state index contributed by atoms with van der Waals surface area (Å²) < 4.78 is 5.92. The Labute approximate surface area is 217 Å². The molecule has 0 saturated heterocycles. The maximum atomic E-state index is 12.3. The molecule has 0 aromatic heterocycles. The van der Waals surface area contributed by atoms with Gasteiger partial charge in [0.1, 0.15) is 6.10 Å². The molecule has 0 N–H and O–H groups in total. The molecular formula is C33H56O2. The second-order valence-electron chi connectivity index (χ2n) is 14.2. The summed E-state index contributed by atoms with van der Waals surface area (Å²) in [7, 11) is 0. The minimum Gasteiger partial charge on any atom is -0.462 e. The van der Waals surface area contributed by atoms with E-state index in [0.717, 1.165) is 67.1 Å². The van der Waals surface area contributed by atoms with Crippen LogP contribution in [0.15, 0.2) is 11.6 Å². The Bertz CT molecular complexity index is 767. The number of esters is 1. The maximum Gasteiger partial charge on any atom is 0.306 e. The van der Waals surface area contributed by atoms with Crippen LogP contribution < -0.4 is 0 Å². The van der Waals surface area contributed by atoms with Crippen LogP contribution in [-0.4, -0.2) is 12.1 Å². The van der Waals surface area contributed by atoms with Crippen molar-refractivity contribution in [2.24, 2.45) is 52.3 Å². The minimum atomic E-state index is 0.0251. The first-order valence-electron chi connectivity index (χ1n) is 15.5. The average molecular weight is 485 g/mol. The van der Waals surface area contributed by atoms with Crippen LogP contribution in [0.25, 0.3) is 0 Å². The van der Waals surface area contributed by atoms with Gasteiger partial charge in [0.25, 0.3) is 0 Å². The number of allylic oxidation sites excluding steroid dienone is 1. The fraction of sp³-hybridized carbons (Fsp3) is 0.909. The Morgan fingerprint density at radius 1 is 1.03 bits per heavy atom. The van der Waals surface area contributed by atoms with E-state index in [2.05, 4.69) is 54.5 Å². The monoisotopic (exact) mass is 484 g/mol. The average Bonchev–Trinajstić information content (AvgIpc) is 3.18. The molecule has 0 heterocycles. The van der Waals surface area contributed by atoms with E-state index in [1.54, 1.807) is 5.57 Å². The second-order valence-corrected chi connectivity index (χ2v) is 14.2. The van der Waals surface area contributed by atoms with Crippen molar-refractivity contribution in [1.29, 1.82) is 0 Å². The van der Waals surface area contributed by atoms with Crippen LogP contribution >= 0.6 is 0 Å². The molecular weight excluding hydrogens is 428 g/mol. The lowest BCUT2D eigenvalue weighted by molar-refractivity contribution is -0.151. The van der Waals surface area contributed by atoms with Crippen molar-refractivity contribution < 1.29 is 9.53 Å². The smallest absolute Gasteiger partial charge is 0.306 e. The fourth-order valence-electron chi connectivity index (χ4n) is 9.33. The molecule has 4 rings (SSSR count). The molecule has 0 bridgehead atoms. The van der Waals surface area contributed by atoms with E-state index >= 15 is 0 Å². The maximum absolute atomic E-state index is 12.3. The summed E-state index contributed by atoms with van der Waals surface area (Å²) in [6.45, 7) is 17.2. The van der Waals surface area contributed by atoms with Gasteiger partial charge < -0.3 is 4.74 Å². The lowest BCUT2D eigenvalue weighted by atomic mass is 9.47. The van der Waals surface area contributed by atoms with E-state index in [9.17, 15) is 4.79 Å². The predicted octanol–water partition coefficient (Wildman–Crippen LogP) is 9.38. The Morgan fingerprint density at radius 2 is 1.80 bits per heavy atom. The molecule has 35 heavy (non-hydrogen) atoms. The number of carbonyl (C=O) groups is 1. The normalized spacial score (nSPS) is 40.3. The number of rotatable bonds is 9. The van der Waals surface area contributed by atoms with Gasteiger partial charge >= 0.3 is 5.97 Å². The van der Waals surface area contributed by atoms with Crippen LogP contribution in [0.2, 0.25) is 0 Å². The summed E-state index contributed by atoms with van der Waals surface area (Å²) in [5.41, 5.74) is 2.52. The highest BCUT2D eigenvalue weighted by molar-refractivity contribution is 5.69. The number of hydrogen-bond donors (Lipinski definition) is 0. The first-order valence-corrected chi connectivity index (χ1v) is 15.5. The van der Waals surface area contributed by atoms with Gasteiger partial charge in [-0.25, -0.2) is 0 Å². The summed E-state index contributed by atoms with van der Waals surface area (Å²) in [4.78, 5) is 12.3. The summed E-state index contributed by atoms with van der Waals surface area (Å²) in [5, 5.41) is 0.